The second-order valence-corrected chi connectivity index (χ2v) is 3.82. The smallest absolute Gasteiger partial charge is 0.145 e. The molecule has 0 fully saturated rings. The van der Waals surface area contributed by atoms with Gasteiger partial charge in [-0.15, -0.1) is 0 Å². The Morgan fingerprint density at radius 1 is 1.12 bits per heavy atom. The second kappa shape index (κ2) is 4.75. The van der Waals surface area contributed by atoms with Gasteiger partial charge in [0.25, 0.3) is 0 Å². The number of aryl methyl sites for hydroxylation is 1. The van der Waals surface area contributed by atoms with Gasteiger partial charge in [0.15, 0.2) is 0 Å². The van der Waals surface area contributed by atoms with Gasteiger partial charge in [-0.25, -0.2) is 4.98 Å². The molecule has 1 heterocycles. The van der Waals surface area contributed by atoms with E-state index in [1.807, 2.05) is 25.1 Å². The first kappa shape index (κ1) is 10.6. The Balaban J connectivity index is 2.11. The standard InChI is InChI=1S/C13H15N3/c1-10-8-14-9-13(15-10)16-11(2)12-6-4-3-5-7-12/h3-9,11H,1-2H3,(H,15,16)/t11-/m1/s1. The van der Waals surface area contributed by atoms with Crippen LogP contribution in [0.25, 0.3) is 0 Å². The summed E-state index contributed by atoms with van der Waals surface area (Å²) < 4.78 is 0. The number of hydrogen-bond donors (Lipinski definition) is 1. The van der Waals surface area contributed by atoms with Crippen LogP contribution in [0.2, 0.25) is 0 Å². The first-order valence-electron chi connectivity index (χ1n) is 5.36. The van der Waals surface area contributed by atoms with E-state index in [9.17, 15) is 0 Å². The van der Waals surface area contributed by atoms with E-state index in [0.29, 0.717) is 0 Å². The van der Waals surface area contributed by atoms with Crippen molar-refractivity contribution in [2.75, 3.05) is 5.32 Å². The van der Waals surface area contributed by atoms with Crippen LogP contribution >= 0.6 is 0 Å². The van der Waals surface area contributed by atoms with E-state index in [1.165, 1.54) is 5.56 Å². The quantitative estimate of drug-likeness (QED) is 0.851. The Labute approximate surface area is 95.6 Å². The topological polar surface area (TPSA) is 37.8 Å². The molecule has 0 saturated heterocycles. The summed E-state index contributed by atoms with van der Waals surface area (Å²) in [6, 6.07) is 10.5. The third-order valence-corrected chi connectivity index (χ3v) is 2.42. The third-order valence-electron chi connectivity index (χ3n) is 2.42. The van der Waals surface area contributed by atoms with Crippen LogP contribution in [0.5, 0.6) is 0 Å². The lowest BCUT2D eigenvalue weighted by Crippen LogP contribution is -2.08. The fourth-order valence-electron chi connectivity index (χ4n) is 1.58. The van der Waals surface area contributed by atoms with Crippen LogP contribution in [-0.4, -0.2) is 9.97 Å². The fourth-order valence-corrected chi connectivity index (χ4v) is 1.58. The maximum Gasteiger partial charge on any atom is 0.145 e. The van der Waals surface area contributed by atoms with Crippen molar-refractivity contribution in [2.45, 2.75) is 19.9 Å². The van der Waals surface area contributed by atoms with Crippen molar-refractivity contribution >= 4 is 5.82 Å². The average Bonchev–Trinajstić information content (AvgIpc) is 2.30. The number of anilines is 1. The van der Waals surface area contributed by atoms with Crippen molar-refractivity contribution < 1.29 is 0 Å². The van der Waals surface area contributed by atoms with Gasteiger partial charge in [-0.1, -0.05) is 30.3 Å². The minimum Gasteiger partial charge on any atom is -0.362 e. The zero-order valence-corrected chi connectivity index (χ0v) is 9.51. The molecule has 1 atom stereocenters. The molecule has 0 radical (unpaired) electrons. The molecule has 82 valence electrons. The predicted octanol–water partition coefficient (Wildman–Crippen LogP) is 2.96. The lowest BCUT2D eigenvalue weighted by atomic mass is 10.1. The molecule has 3 nitrogen and oxygen atoms in total. The van der Waals surface area contributed by atoms with Gasteiger partial charge in [-0.3, -0.25) is 4.98 Å². The number of rotatable bonds is 3. The highest BCUT2D eigenvalue weighted by atomic mass is 15.0. The van der Waals surface area contributed by atoms with Gasteiger partial charge in [0.05, 0.1) is 11.9 Å². The zero-order chi connectivity index (χ0) is 11.4. The molecule has 3 heteroatoms. The molecule has 16 heavy (non-hydrogen) atoms. The summed E-state index contributed by atoms with van der Waals surface area (Å²) in [5.41, 5.74) is 2.16. The Bertz CT molecular complexity index is 454. The highest BCUT2D eigenvalue weighted by Crippen LogP contribution is 2.16. The molecule has 0 aliphatic carbocycles. The average molecular weight is 213 g/mol. The molecule has 1 N–H and O–H groups in total. The van der Waals surface area contributed by atoms with Crippen molar-refractivity contribution in [1.29, 1.82) is 0 Å². The van der Waals surface area contributed by atoms with Gasteiger partial charge in [0, 0.05) is 12.2 Å². The van der Waals surface area contributed by atoms with E-state index in [0.717, 1.165) is 11.5 Å². The summed E-state index contributed by atoms with van der Waals surface area (Å²) in [6.45, 7) is 4.05. The molecule has 2 rings (SSSR count). The van der Waals surface area contributed by atoms with Crippen molar-refractivity contribution in [1.82, 2.24) is 9.97 Å². The summed E-state index contributed by atoms with van der Waals surface area (Å²) in [6.07, 6.45) is 3.49. The Kier molecular flexibility index (Phi) is 3.15. The lowest BCUT2D eigenvalue weighted by molar-refractivity contribution is 0.868. The minimum absolute atomic E-state index is 0.234. The highest BCUT2D eigenvalue weighted by molar-refractivity contribution is 5.36. The summed E-state index contributed by atoms with van der Waals surface area (Å²) in [4.78, 5) is 8.47. The number of aromatic nitrogens is 2. The molecular weight excluding hydrogens is 198 g/mol. The maximum atomic E-state index is 4.37. The monoisotopic (exact) mass is 213 g/mol. The molecule has 2 aromatic rings. The Morgan fingerprint density at radius 2 is 1.88 bits per heavy atom. The molecule has 0 aliphatic rings. The minimum atomic E-state index is 0.234. The van der Waals surface area contributed by atoms with Crippen LogP contribution in [0.15, 0.2) is 42.7 Å². The van der Waals surface area contributed by atoms with E-state index in [-0.39, 0.29) is 6.04 Å². The number of nitrogens with one attached hydrogen (secondary N) is 1. The van der Waals surface area contributed by atoms with Crippen molar-refractivity contribution in [3.63, 3.8) is 0 Å². The normalized spacial score (nSPS) is 12.1. The fraction of sp³-hybridized carbons (Fsp3) is 0.231. The molecule has 0 saturated carbocycles. The molecule has 0 unspecified atom stereocenters. The largest absolute Gasteiger partial charge is 0.362 e. The van der Waals surface area contributed by atoms with Crippen LogP contribution in [0.3, 0.4) is 0 Å². The van der Waals surface area contributed by atoms with Gasteiger partial charge in [-0.2, -0.15) is 0 Å². The zero-order valence-electron chi connectivity index (χ0n) is 9.51. The molecule has 0 amide bonds. The van der Waals surface area contributed by atoms with Crippen LogP contribution in [0.4, 0.5) is 5.82 Å². The highest BCUT2D eigenvalue weighted by Gasteiger charge is 2.05. The maximum absolute atomic E-state index is 4.37. The van der Waals surface area contributed by atoms with Gasteiger partial charge < -0.3 is 5.32 Å². The van der Waals surface area contributed by atoms with Crippen molar-refractivity contribution in [3.8, 4) is 0 Å². The number of benzene rings is 1. The van der Waals surface area contributed by atoms with Crippen molar-refractivity contribution in [3.05, 3.63) is 54.0 Å². The van der Waals surface area contributed by atoms with Crippen LogP contribution in [0, 0.1) is 6.92 Å². The number of nitrogens with zero attached hydrogens (tertiary/aromatic N) is 2. The molecule has 1 aromatic heterocycles. The Morgan fingerprint density at radius 3 is 2.56 bits per heavy atom. The van der Waals surface area contributed by atoms with Crippen LogP contribution in [-0.2, 0) is 0 Å². The predicted molar refractivity (Wildman–Crippen MR) is 65.2 cm³/mol. The van der Waals surface area contributed by atoms with E-state index in [4.69, 9.17) is 0 Å². The number of hydrogen-bond acceptors (Lipinski definition) is 3. The molecule has 1 aromatic carbocycles. The summed E-state index contributed by atoms with van der Waals surface area (Å²) in [5.74, 6) is 0.816. The van der Waals surface area contributed by atoms with Crippen LogP contribution in [0.1, 0.15) is 24.2 Å². The van der Waals surface area contributed by atoms with Gasteiger partial charge in [-0.05, 0) is 19.4 Å². The van der Waals surface area contributed by atoms with E-state index in [2.05, 4.69) is 34.3 Å². The summed E-state index contributed by atoms with van der Waals surface area (Å²) >= 11 is 0. The third kappa shape index (κ3) is 2.57. The first-order valence-corrected chi connectivity index (χ1v) is 5.36. The first-order chi connectivity index (χ1) is 7.75. The van der Waals surface area contributed by atoms with Crippen LogP contribution < -0.4 is 5.32 Å². The molecular formula is C13H15N3. The van der Waals surface area contributed by atoms with Gasteiger partial charge >= 0.3 is 0 Å². The SMILES string of the molecule is Cc1cncc(N[C@H](C)c2ccccc2)n1. The molecule has 0 spiro atoms. The van der Waals surface area contributed by atoms with E-state index in [1.54, 1.807) is 12.4 Å². The lowest BCUT2D eigenvalue weighted by Gasteiger charge is -2.14. The Hall–Kier alpha value is -1.90. The molecule has 0 aliphatic heterocycles. The van der Waals surface area contributed by atoms with E-state index < -0.39 is 0 Å². The van der Waals surface area contributed by atoms with Gasteiger partial charge in [0.1, 0.15) is 5.82 Å². The summed E-state index contributed by atoms with van der Waals surface area (Å²) in [7, 11) is 0. The van der Waals surface area contributed by atoms with Gasteiger partial charge in [0.2, 0.25) is 0 Å². The van der Waals surface area contributed by atoms with Crippen molar-refractivity contribution in [2.24, 2.45) is 0 Å². The summed E-state index contributed by atoms with van der Waals surface area (Å²) in [5, 5.41) is 3.33. The van der Waals surface area contributed by atoms with E-state index >= 15 is 0 Å². The molecule has 0 bridgehead atoms. The second-order valence-electron chi connectivity index (χ2n) is 3.82.